The number of hydrogen-bond donors (Lipinski definition) is 0. The Bertz CT molecular complexity index is 1200. The Morgan fingerprint density at radius 3 is 2.05 bits per heavy atom. The minimum absolute atomic E-state index is 0.0561. The van der Waals surface area contributed by atoms with Crippen LogP contribution in [0.1, 0.15) is 79.7 Å². The molecule has 228 valence electrons. The summed E-state index contributed by atoms with van der Waals surface area (Å²) in [6.45, 7) is 20.6. The van der Waals surface area contributed by atoms with E-state index in [1.165, 1.54) is 16.4 Å². The molecule has 5 atom stereocenters. The van der Waals surface area contributed by atoms with Crippen LogP contribution in [0.3, 0.4) is 0 Å². The number of benzene rings is 2. The second-order valence-corrected chi connectivity index (χ2v) is 21.7. The van der Waals surface area contributed by atoms with Crippen LogP contribution in [-0.2, 0) is 14.6 Å². The SMILES string of the molecule is C[C@@H]1CC[C@@H](C(C)(C)c2ccccc2)[C@H](O[C@H]([Se]c2ccccc2)[C@@H](C)C(C#N)(C#N)CCO[Si](C)(C)C(C)(C)C)C1. The molecule has 2 aromatic rings. The summed E-state index contributed by atoms with van der Waals surface area (Å²) in [5, 5.41) is 21.0. The first-order valence-corrected chi connectivity index (χ1v) is 20.3. The maximum atomic E-state index is 10.6. The predicted octanol–water partition coefficient (Wildman–Crippen LogP) is 8.22. The molecule has 0 aromatic heterocycles. The summed E-state index contributed by atoms with van der Waals surface area (Å²) >= 11 is -0.0674. The van der Waals surface area contributed by atoms with Crippen LogP contribution in [0.4, 0.5) is 0 Å². The molecule has 1 saturated carbocycles. The summed E-state index contributed by atoms with van der Waals surface area (Å²) in [4.78, 5) is 0. The minimum atomic E-state index is -2.00. The maximum absolute atomic E-state index is 10.6. The molecule has 42 heavy (non-hydrogen) atoms. The predicted molar refractivity (Wildman–Crippen MR) is 177 cm³/mol. The quantitative estimate of drug-likeness (QED) is 0.217. The van der Waals surface area contributed by atoms with Crippen molar-refractivity contribution in [2.45, 2.75) is 109 Å². The van der Waals surface area contributed by atoms with E-state index in [0.717, 1.165) is 12.8 Å². The van der Waals surface area contributed by atoms with Crippen LogP contribution in [0, 0.1) is 45.8 Å². The van der Waals surface area contributed by atoms with Gasteiger partial charge in [-0.1, -0.05) is 0 Å². The van der Waals surface area contributed by atoms with E-state index in [0.29, 0.717) is 24.9 Å². The monoisotopic (exact) mass is 652 g/mol. The molecular weight excluding hydrogens is 599 g/mol. The molecular formula is C36H52N2O2SeSi. The summed E-state index contributed by atoms with van der Waals surface area (Å²) in [6.07, 6.45) is 3.74. The third-order valence-electron chi connectivity index (χ3n) is 10.2. The molecule has 0 N–H and O–H groups in total. The second-order valence-electron chi connectivity index (χ2n) is 14.4. The molecule has 0 radical (unpaired) electrons. The average molecular weight is 652 g/mol. The molecule has 1 fully saturated rings. The van der Waals surface area contributed by atoms with E-state index in [-0.39, 0.29) is 42.4 Å². The number of hydrogen-bond acceptors (Lipinski definition) is 4. The van der Waals surface area contributed by atoms with Crippen molar-refractivity contribution in [1.29, 1.82) is 10.5 Å². The van der Waals surface area contributed by atoms with Crippen LogP contribution in [0.25, 0.3) is 0 Å². The van der Waals surface area contributed by atoms with Gasteiger partial charge < -0.3 is 0 Å². The van der Waals surface area contributed by atoms with Gasteiger partial charge in [-0.05, 0) is 0 Å². The van der Waals surface area contributed by atoms with Gasteiger partial charge in [-0.25, -0.2) is 0 Å². The third kappa shape index (κ3) is 8.16. The fourth-order valence-electron chi connectivity index (χ4n) is 5.92. The van der Waals surface area contributed by atoms with Crippen LogP contribution < -0.4 is 4.46 Å². The summed E-state index contributed by atoms with van der Waals surface area (Å²) in [5.41, 5.74) is 0.0920. The topological polar surface area (TPSA) is 66.0 Å². The Morgan fingerprint density at radius 1 is 0.929 bits per heavy atom. The Hall–Kier alpha value is -1.92. The van der Waals surface area contributed by atoms with Crippen LogP contribution in [0.2, 0.25) is 18.1 Å². The molecule has 0 aliphatic heterocycles. The molecule has 0 spiro atoms. The van der Waals surface area contributed by atoms with Gasteiger partial charge in [0.15, 0.2) is 0 Å². The van der Waals surface area contributed by atoms with Crippen LogP contribution in [-0.4, -0.2) is 41.0 Å². The summed E-state index contributed by atoms with van der Waals surface area (Å²) in [5.74, 6) is 0.652. The zero-order valence-corrected chi connectivity index (χ0v) is 30.0. The van der Waals surface area contributed by atoms with E-state index in [2.05, 4.69) is 128 Å². The molecule has 6 heteroatoms. The molecule has 4 nitrogen and oxygen atoms in total. The number of ether oxygens (including phenoxy) is 1. The van der Waals surface area contributed by atoms with Crippen molar-refractivity contribution in [3.8, 4) is 12.1 Å². The molecule has 0 heterocycles. The normalized spacial score (nSPS) is 21.6. The zero-order chi connectivity index (χ0) is 31.2. The van der Waals surface area contributed by atoms with Crippen molar-refractivity contribution in [1.82, 2.24) is 0 Å². The van der Waals surface area contributed by atoms with Crippen molar-refractivity contribution in [2.75, 3.05) is 6.61 Å². The van der Waals surface area contributed by atoms with Gasteiger partial charge >= 0.3 is 264 Å². The molecule has 0 bridgehead atoms. The molecule has 1 aliphatic carbocycles. The molecule has 0 saturated heterocycles. The first-order chi connectivity index (χ1) is 19.7. The standard InChI is InChI=1S/C36H52N2O2SeSi/c1-27-20-21-31(35(6,7)29-16-12-10-13-17-29)32(24-27)40-33(41-30-18-14-11-15-19-30)28(2)36(25-37,26-38)22-23-39-42(8,9)34(3,4)5/h10-19,27-28,31-33H,20-24H2,1-9H3/t27-,28-,31-,32-,33-/m1/s1. The molecule has 2 aromatic carbocycles. The van der Waals surface area contributed by atoms with Crippen molar-refractivity contribution in [3.05, 3.63) is 66.2 Å². The van der Waals surface area contributed by atoms with E-state index in [9.17, 15) is 10.5 Å². The van der Waals surface area contributed by atoms with Gasteiger partial charge in [-0.15, -0.1) is 0 Å². The van der Waals surface area contributed by atoms with Crippen molar-refractivity contribution in [3.63, 3.8) is 0 Å². The van der Waals surface area contributed by atoms with E-state index in [1.54, 1.807) is 0 Å². The fraction of sp³-hybridized carbons (Fsp3) is 0.611. The Labute approximate surface area is 263 Å². The van der Waals surface area contributed by atoms with E-state index in [1.807, 2.05) is 6.07 Å². The molecule has 3 rings (SSSR count). The van der Waals surface area contributed by atoms with Gasteiger partial charge in [0.1, 0.15) is 0 Å². The third-order valence-corrected chi connectivity index (χ3v) is 17.4. The molecule has 0 amide bonds. The first kappa shape index (κ1) is 34.6. The fourth-order valence-corrected chi connectivity index (χ4v) is 9.52. The van der Waals surface area contributed by atoms with Gasteiger partial charge in [0.25, 0.3) is 0 Å². The zero-order valence-electron chi connectivity index (χ0n) is 27.3. The van der Waals surface area contributed by atoms with Crippen LogP contribution in [0.5, 0.6) is 0 Å². The molecule has 0 unspecified atom stereocenters. The van der Waals surface area contributed by atoms with Crippen LogP contribution in [0.15, 0.2) is 60.7 Å². The van der Waals surface area contributed by atoms with Gasteiger partial charge in [-0.2, -0.15) is 0 Å². The average Bonchev–Trinajstić information content (AvgIpc) is 2.95. The van der Waals surface area contributed by atoms with Crippen molar-refractivity contribution >= 4 is 27.7 Å². The summed E-state index contributed by atoms with van der Waals surface area (Å²) < 4.78 is 15.0. The van der Waals surface area contributed by atoms with Gasteiger partial charge in [0, 0.05) is 0 Å². The van der Waals surface area contributed by atoms with Gasteiger partial charge in [-0.3, -0.25) is 0 Å². The van der Waals surface area contributed by atoms with Gasteiger partial charge in [0.2, 0.25) is 0 Å². The Morgan fingerprint density at radius 2 is 1.50 bits per heavy atom. The van der Waals surface area contributed by atoms with Crippen LogP contribution >= 0.6 is 0 Å². The van der Waals surface area contributed by atoms with E-state index >= 15 is 0 Å². The number of nitriles is 2. The Balaban J connectivity index is 1.94. The summed E-state index contributed by atoms with van der Waals surface area (Å²) in [6, 6.07) is 26.2. The number of nitrogens with zero attached hydrogens (tertiary/aromatic N) is 2. The second kappa shape index (κ2) is 14.2. The van der Waals surface area contributed by atoms with E-state index in [4.69, 9.17) is 9.16 Å². The van der Waals surface area contributed by atoms with Gasteiger partial charge in [0.05, 0.1) is 0 Å². The van der Waals surface area contributed by atoms with Crippen molar-refractivity contribution in [2.24, 2.45) is 23.2 Å². The van der Waals surface area contributed by atoms with E-state index < -0.39 is 13.7 Å². The first-order valence-electron chi connectivity index (χ1n) is 15.6. The summed E-state index contributed by atoms with van der Waals surface area (Å²) in [7, 11) is -2.00. The molecule has 1 aliphatic rings. The Kier molecular flexibility index (Phi) is 11.7. The number of rotatable bonds is 12. The van der Waals surface area contributed by atoms with Crippen molar-refractivity contribution < 1.29 is 9.16 Å².